The monoisotopic (exact) mass is 460 g/mol. The number of methoxy groups -OCH3 is 3. The molecule has 0 radical (unpaired) electrons. The first-order valence-corrected chi connectivity index (χ1v) is 11.5. The zero-order valence-corrected chi connectivity index (χ0v) is 18.9. The molecule has 4 rings (SSSR count). The molecule has 0 spiro atoms. The Morgan fingerprint density at radius 3 is 1.97 bits per heavy atom. The lowest BCUT2D eigenvalue weighted by Crippen LogP contribution is -2.36. The summed E-state index contributed by atoms with van der Waals surface area (Å²) in [5.74, 6) is 0.562. The van der Waals surface area contributed by atoms with E-state index in [0.717, 1.165) is 16.0 Å². The number of carbonyl (C=O) groups excluding carboxylic acids is 2. The second-order valence-electron chi connectivity index (χ2n) is 7.52. The Balaban J connectivity index is 1.72. The molecule has 2 aliphatic rings. The van der Waals surface area contributed by atoms with Crippen LogP contribution in [-0.2, 0) is 32.6 Å². The van der Waals surface area contributed by atoms with E-state index in [4.69, 9.17) is 14.2 Å². The van der Waals surface area contributed by atoms with Gasteiger partial charge in [-0.25, -0.2) is 8.42 Å². The van der Waals surface area contributed by atoms with Crippen LogP contribution in [0.25, 0.3) is 0 Å². The summed E-state index contributed by atoms with van der Waals surface area (Å²) in [5, 5.41) is 0. The molecule has 10 heteroatoms. The molecular formula is C22H24N2O7S. The maximum absolute atomic E-state index is 13.6. The molecule has 2 aromatic rings. The van der Waals surface area contributed by atoms with Gasteiger partial charge in [-0.2, -0.15) is 4.31 Å². The molecule has 0 aromatic heterocycles. The third-order valence-corrected chi connectivity index (χ3v) is 7.62. The van der Waals surface area contributed by atoms with E-state index in [-0.39, 0.29) is 54.1 Å². The van der Waals surface area contributed by atoms with E-state index in [9.17, 15) is 18.0 Å². The highest BCUT2D eigenvalue weighted by Gasteiger charge is 2.35. The number of sulfonamides is 1. The van der Waals surface area contributed by atoms with Gasteiger partial charge in [-0.05, 0) is 47.9 Å². The maximum atomic E-state index is 13.6. The fraction of sp³-hybridized carbons (Fsp3) is 0.364. The van der Waals surface area contributed by atoms with Gasteiger partial charge in [0, 0.05) is 25.9 Å². The molecule has 0 unspecified atom stereocenters. The first-order valence-electron chi connectivity index (χ1n) is 10.1. The third-order valence-electron chi connectivity index (χ3n) is 5.76. The Kier molecular flexibility index (Phi) is 5.83. The number of hydrogen-bond acceptors (Lipinski definition) is 7. The smallest absolute Gasteiger partial charge is 0.247 e. The summed E-state index contributed by atoms with van der Waals surface area (Å²) < 4.78 is 44.5. The van der Waals surface area contributed by atoms with Gasteiger partial charge in [0.1, 0.15) is 10.6 Å². The van der Waals surface area contributed by atoms with Crippen LogP contribution in [0, 0.1) is 0 Å². The van der Waals surface area contributed by atoms with Gasteiger partial charge >= 0.3 is 0 Å². The average molecular weight is 461 g/mol. The van der Waals surface area contributed by atoms with Gasteiger partial charge in [-0.15, -0.1) is 0 Å². The summed E-state index contributed by atoms with van der Waals surface area (Å²) in [7, 11) is 0.476. The molecule has 0 aliphatic carbocycles. The van der Waals surface area contributed by atoms with E-state index in [1.54, 1.807) is 13.2 Å². The number of anilines is 1. The van der Waals surface area contributed by atoms with Crippen LogP contribution in [0.1, 0.15) is 24.0 Å². The van der Waals surface area contributed by atoms with E-state index in [1.807, 2.05) is 6.07 Å². The van der Waals surface area contributed by atoms with Crippen molar-refractivity contribution < 1.29 is 32.2 Å². The van der Waals surface area contributed by atoms with Crippen LogP contribution in [0.15, 0.2) is 35.2 Å². The molecule has 32 heavy (non-hydrogen) atoms. The Bertz CT molecular complexity index is 1180. The van der Waals surface area contributed by atoms with Crippen LogP contribution in [-0.4, -0.2) is 52.4 Å². The molecule has 0 N–H and O–H groups in total. The van der Waals surface area contributed by atoms with Crippen LogP contribution in [0.4, 0.5) is 5.69 Å². The van der Waals surface area contributed by atoms with Crippen LogP contribution < -0.4 is 19.1 Å². The lowest BCUT2D eigenvalue weighted by Gasteiger charge is -2.29. The molecule has 2 aliphatic heterocycles. The first kappa shape index (κ1) is 22.1. The van der Waals surface area contributed by atoms with Crippen molar-refractivity contribution in [1.29, 1.82) is 0 Å². The lowest BCUT2D eigenvalue weighted by molar-refractivity contribution is -0.121. The fourth-order valence-corrected chi connectivity index (χ4v) is 5.67. The lowest BCUT2D eigenvalue weighted by atomic mass is 10.0. The van der Waals surface area contributed by atoms with Gasteiger partial charge in [0.25, 0.3) is 0 Å². The number of nitrogens with zero attached hydrogens (tertiary/aromatic N) is 2. The second-order valence-corrected chi connectivity index (χ2v) is 9.43. The Morgan fingerprint density at radius 1 is 0.781 bits per heavy atom. The predicted molar refractivity (Wildman–Crippen MR) is 116 cm³/mol. The molecule has 170 valence electrons. The minimum atomic E-state index is -3.98. The number of imide groups is 1. The van der Waals surface area contributed by atoms with Crippen molar-refractivity contribution in [3.05, 3.63) is 41.5 Å². The Hall–Kier alpha value is -3.11. The molecule has 9 nitrogen and oxygen atoms in total. The highest BCUT2D eigenvalue weighted by atomic mass is 32.2. The maximum Gasteiger partial charge on any atom is 0.247 e. The molecular weight excluding hydrogens is 436 g/mol. The van der Waals surface area contributed by atoms with Crippen LogP contribution in [0.5, 0.6) is 17.2 Å². The van der Waals surface area contributed by atoms with Gasteiger partial charge in [0.05, 0.1) is 27.0 Å². The van der Waals surface area contributed by atoms with E-state index in [0.29, 0.717) is 17.9 Å². The number of amides is 2. The molecule has 1 fully saturated rings. The molecule has 2 amide bonds. The van der Waals surface area contributed by atoms with E-state index >= 15 is 0 Å². The average Bonchev–Trinajstić information content (AvgIpc) is 3.14. The zero-order valence-electron chi connectivity index (χ0n) is 18.1. The molecule has 2 heterocycles. The minimum Gasteiger partial charge on any atom is -0.495 e. The highest BCUT2D eigenvalue weighted by Crippen LogP contribution is 2.37. The third kappa shape index (κ3) is 3.69. The van der Waals surface area contributed by atoms with Gasteiger partial charge in [-0.3, -0.25) is 14.5 Å². The standard InChI is InChI=1S/C22H24N2O7S/c1-29-17-5-4-16(24-21(25)6-7-22(24)26)12-20(17)32(27,28)23-9-8-14-10-18(30-2)19(31-3)11-15(14)13-23/h4-5,10-12H,6-9,13H2,1-3H3. The number of fused-ring (bicyclic) bond motifs is 1. The normalized spacial score (nSPS) is 16.8. The summed E-state index contributed by atoms with van der Waals surface area (Å²) in [6, 6.07) is 7.96. The largest absolute Gasteiger partial charge is 0.495 e. The number of hydrogen-bond donors (Lipinski definition) is 0. The van der Waals surface area contributed by atoms with E-state index in [1.165, 1.54) is 36.7 Å². The van der Waals surface area contributed by atoms with Gasteiger partial charge in [-0.1, -0.05) is 0 Å². The van der Waals surface area contributed by atoms with E-state index < -0.39 is 10.0 Å². The van der Waals surface area contributed by atoms with Crippen molar-refractivity contribution >= 4 is 27.5 Å². The summed E-state index contributed by atoms with van der Waals surface area (Å²) in [5.41, 5.74) is 2.03. The quantitative estimate of drug-likeness (QED) is 0.609. The van der Waals surface area contributed by atoms with Crippen molar-refractivity contribution in [1.82, 2.24) is 4.31 Å². The number of rotatable bonds is 6. The van der Waals surface area contributed by atoms with Gasteiger partial charge in [0.2, 0.25) is 21.8 Å². The van der Waals surface area contributed by atoms with Crippen molar-refractivity contribution in [3.63, 3.8) is 0 Å². The van der Waals surface area contributed by atoms with Crippen molar-refractivity contribution in [2.24, 2.45) is 0 Å². The van der Waals surface area contributed by atoms with Crippen LogP contribution >= 0.6 is 0 Å². The summed E-state index contributed by atoms with van der Waals surface area (Å²) in [6.45, 7) is 0.409. The first-order chi connectivity index (χ1) is 15.3. The van der Waals surface area contributed by atoms with Crippen molar-refractivity contribution in [3.8, 4) is 17.2 Å². The van der Waals surface area contributed by atoms with Crippen molar-refractivity contribution in [2.75, 3.05) is 32.8 Å². The Morgan fingerprint density at radius 2 is 1.38 bits per heavy atom. The Labute approximate surface area is 186 Å². The predicted octanol–water partition coefficient (Wildman–Crippen LogP) is 2.11. The molecule has 0 bridgehead atoms. The fourth-order valence-electron chi connectivity index (χ4n) is 4.07. The zero-order chi connectivity index (χ0) is 23.0. The molecule has 2 aromatic carbocycles. The second kappa shape index (κ2) is 8.44. The van der Waals surface area contributed by atoms with Crippen LogP contribution in [0.2, 0.25) is 0 Å². The summed E-state index contributed by atoms with van der Waals surface area (Å²) in [4.78, 5) is 25.2. The minimum absolute atomic E-state index is 0.0890. The number of ether oxygens (including phenoxy) is 3. The SMILES string of the molecule is COc1cc2c(cc1OC)CN(S(=O)(=O)c1cc(N3C(=O)CCC3=O)ccc1OC)CC2. The summed E-state index contributed by atoms with van der Waals surface area (Å²) in [6.07, 6.45) is 0.725. The molecule has 1 saturated heterocycles. The topological polar surface area (TPSA) is 102 Å². The van der Waals surface area contributed by atoms with Crippen molar-refractivity contribution in [2.45, 2.75) is 30.7 Å². The van der Waals surface area contributed by atoms with Crippen LogP contribution in [0.3, 0.4) is 0 Å². The number of carbonyl (C=O) groups is 2. The molecule has 0 atom stereocenters. The highest BCUT2D eigenvalue weighted by molar-refractivity contribution is 7.89. The van der Waals surface area contributed by atoms with Gasteiger partial charge in [0.15, 0.2) is 11.5 Å². The van der Waals surface area contributed by atoms with E-state index in [2.05, 4.69) is 0 Å². The van der Waals surface area contributed by atoms with Gasteiger partial charge < -0.3 is 14.2 Å². The summed E-state index contributed by atoms with van der Waals surface area (Å²) >= 11 is 0. The number of benzene rings is 2. The molecule has 0 saturated carbocycles.